The first-order chi connectivity index (χ1) is 16.5. The molecule has 0 aliphatic carbocycles. The van der Waals surface area contributed by atoms with Gasteiger partial charge in [0.25, 0.3) is 5.56 Å². The Hall–Kier alpha value is -3.85. The lowest BCUT2D eigenvalue weighted by molar-refractivity contribution is 0.0688. The number of hydrogen-bond acceptors (Lipinski definition) is 7. The average molecular weight is 475 g/mol. The Kier molecular flexibility index (Phi) is 6.29. The molecule has 0 atom stereocenters. The predicted octanol–water partition coefficient (Wildman–Crippen LogP) is 3.46. The maximum atomic E-state index is 13.5. The van der Waals surface area contributed by atoms with Crippen LogP contribution in [-0.2, 0) is 19.3 Å². The number of aliphatic hydroxyl groups is 1. The van der Waals surface area contributed by atoms with Crippen LogP contribution in [0.3, 0.4) is 0 Å². The predicted molar refractivity (Wildman–Crippen MR) is 133 cm³/mol. The summed E-state index contributed by atoms with van der Waals surface area (Å²) >= 11 is 0. The van der Waals surface area contributed by atoms with Gasteiger partial charge in [-0.1, -0.05) is 0 Å². The van der Waals surface area contributed by atoms with E-state index in [1.807, 2.05) is 46.1 Å². The molecule has 4 rings (SSSR count). The van der Waals surface area contributed by atoms with Gasteiger partial charge in [-0.05, 0) is 65.3 Å². The summed E-state index contributed by atoms with van der Waals surface area (Å²) < 4.78 is 9.41. The monoisotopic (exact) mass is 474 g/mol. The van der Waals surface area contributed by atoms with Crippen molar-refractivity contribution in [2.75, 3.05) is 0 Å². The quantitative estimate of drug-likeness (QED) is 0.456. The maximum absolute atomic E-state index is 13.5. The van der Waals surface area contributed by atoms with Crippen molar-refractivity contribution in [2.24, 2.45) is 7.05 Å². The molecule has 0 radical (unpaired) electrons. The molecule has 0 saturated carbocycles. The number of aromatic nitrogens is 6. The Morgan fingerprint density at radius 3 is 2.49 bits per heavy atom. The molecule has 0 aliphatic heterocycles. The van der Waals surface area contributed by atoms with Crippen LogP contribution >= 0.6 is 0 Å². The van der Waals surface area contributed by atoms with Gasteiger partial charge in [-0.25, -0.2) is 9.97 Å². The number of ether oxygens (including phenoxy) is 1. The SMILES string of the molecule is Cc1cnc(C(C)(C)O)nc1-c1cc(-n2c(C)c(C)c(OCc3ccn(C)n3)c(C)c2=O)ccn1. The largest absolute Gasteiger partial charge is 0.486 e. The molecule has 9 nitrogen and oxygen atoms in total. The minimum absolute atomic E-state index is 0.169. The van der Waals surface area contributed by atoms with E-state index in [0.29, 0.717) is 34.2 Å². The first-order valence-electron chi connectivity index (χ1n) is 11.3. The van der Waals surface area contributed by atoms with E-state index in [4.69, 9.17) is 4.74 Å². The number of aryl methyl sites for hydroxylation is 2. The van der Waals surface area contributed by atoms with E-state index in [1.54, 1.807) is 48.5 Å². The van der Waals surface area contributed by atoms with Crippen LogP contribution in [0.25, 0.3) is 17.1 Å². The zero-order valence-corrected chi connectivity index (χ0v) is 21.1. The molecule has 0 aliphatic rings. The molecule has 4 heterocycles. The Bertz CT molecular complexity index is 1460. The first-order valence-corrected chi connectivity index (χ1v) is 11.3. The molecule has 0 fully saturated rings. The van der Waals surface area contributed by atoms with E-state index in [2.05, 4.69) is 20.1 Å². The summed E-state index contributed by atoms with van der Waals surface area (Å²) in [5.74, 6) is 0.880. The smallest absolute Gasteiger partial charge is 0.261 e. The van der Waals surface area contributed by atoms with Crippen molar-refractivity contribution in [1.82, 2.24) is 29.3 Å². The van der Waals surface area contributed by atoms with Gasteiger partial charge < -0.3 is 9.84 Å². The fourth-order valence-electron chi connectivity index (χ4n) is 3.93. The molecule has 4 aromatic heterocycles. The Labute approximate surface area is 204 Å². The maximum Gasteiger partial charge on any atom is 0.261 e. The standard InChI is InChI=1S/C26H30N6O3/c1-15-13-28-25(26(5,6)34)29-22(15)21-12-20(8-10-27-21)32-18(4)16(2)23(17(3)24(32)33)35-14-19-9-11-31(7)30-19/h8-13,34H,14H2,1-7H3. The highest BCUT2D eigenvalue weighted by molar-refractivity contribution is 5.61. The molecule has 0 aromatic carbocycles. The lowest BCUT2D eigenvalue weighted by atomic mass is 10.1. The van der Waals surface area contributed by atoms with E-state index >= 15 is 0 Å². The molecular formula is C26H30N6O3. The molecule has 1 N–H and O–H groups in total. The van der Waals surface area contributed by atoms with Crippen molar-refractivity contribution >= 4 is 0 Å². The van der Waals surface area contributed by atoms with Gasteiger partial charge in [0.1, 0.15) is 18.0 Å². The minimum Gasteiger partial charge on any atom is -0.486 e. The van der Waals surface area contributed by atoms with Crippen molar-refractivity contribution in [3.05, 3.63) is 81.0 Å². The van der Waals surface area contributed by atoms with E-state index < -0.39 is 5.60 Å². The van der Waals surface area contributed by atoms with Gasteiger partial charge in [-0.3, -0.25) is 19.0 Å². The Balaban J connectivity index is 1.76. The summed E-state index contributed by atoms with van der Waals surface area (Å²) in [4.78, 5) is 26.8. The highest BCUT2D eigenvalue weighted by Gasteiger charge is 2.22. The zero-order valence-electron chi connectivity index (χ0n) is 21.1. The molecular weight excluding hydrogens is 444 g/mol. The topological polar surface area (TPSA) is 108 Å². The normalized spacial score (nSPS) is 11.7. The molecule has 35 heavy (non-hydrogen) atoms. The third-order valence-electron chi connectivity index (χ3n) is 5.98. The summed E-state index contributed by atoms with van der Waals surface area (Å²) in [7, 11) is 1.85. The number of rotatable bonds is 6. The summed E-state index contributed by atoms with van der Waals surface area (Å²) in [5, 5.41) is 14.7. The summed E-state index contributed by atoms with van der Waals surface area (Å²) in [6, 6.07) is 5.50. The van der Waals surface area contributed by atoms with E-state index in [9.17, 15) is 9.90 Å². The molecule has 9 heteroatoms. The van der Waals surface area contributed by atoms with Crippen molar-refractivity contribution in [2.45, 2.75) is 53.8 Å². The van der Waals surface area contributed by atoms with Gasteiger partial charge in [0, 0.05) is 36.9 Å². The van der Waals surface area contributed by atoms with Crippen LogP contribution in [-0.4, -0.2) is 34.4 Å². The van der Waals surface area contributed by atoms with Gasteiger partial charge >= 0.3 is 0 Å². The average Bonchev–Trinajstić information content (AvgIpc) is 3.22. The van der Waals surface area contributed by atoms with E-state index in [-0.39, 0.29) is 12.2 Å². The zero-order chi connectivity index (χ0) is 25.5. The summed E-state index contributed by atoms with van der Waals surface area (Å²) in [5.41, 5.74) is 4.27. The number of pyridine rings is 2. The third-order valence-corrected chi connectivity index (χ3v) is 5.98. The summed E-state index contributed by atoms with van der Waals surface area (Å²) in [6.45, 7) is 11.0. The lowest BCUT2D eigenvalue weighted by Gasteiger charge is -2.19. The van der Waals surface area contributed by atoms with Crippen LogP contribution in [0.15, 0.2) is 41.6 Å². The molecule has 182 valence electrons. The molecule has 4 aromatic rings. The Morgan fingerprint density at radius 1 is 1.09 bits per heavy atom. The van der Waals surface area contributed by atoms with Crippen LogP contribution in [0.4, 0.5) is 0 Å². The minimum atomic E-state index is -1.19. The highest BCUT2D eigenvalue weighted by atomic mass is 16.5. The van der Waals surface area contributed by atoms with Gasteiger partial charge in [0.2, 0.25) is 0 Å². The van der Waals surface area contributed by atoms with Crippen LogP contribution in [0.1, 0.15) is 47.8 Å². The first kappa shape index (κ1) is 24.3. The second-order valence-electron chi connectivity index (χ2n) is 9.26. The van der Waals surface area contributed by atoms with Crippen LogP contribution < -0.4 is 10.3 Å². The molecule has 0 spiro atoms. The molecule has 0 saturated heterocycles. The van der Waals surface area contributed by atoms with Gasteiger partial charge in [-0.15, -0.1) is 0 Å². The van der Waals surface area contributed by atoms with E-state index in [1.165, 1.54) is 0 Å². The van der Waals surface area contributed by atoms with Crippen molar-refractivity contribution in [1.29, 1.82) is 0 Å². The van der Waals surface area contributed by atoms with E-state index in [0.717, 1.165) is 22.5 Å². The number of nitrogens with zero attached hydrogens (tertiary/aromatic N) is 6. The highest BCUT2D eigenvalue weighted by Crippen LogP contribution is 2.28. The van der Waals surface area contributed by atoms with Crippen LogP contribution in [0, 0.1) is 27.7 Å². The molecule has 0 bridgehead atoms. The van der Waals surface area contributed by atoms with Gasteiger partial charge in [-0.2, -0.15) is 5.10 Å². The number of hydrogen-bond donors (Lipinski definition) is 1. The van der Waals surface area contributed by atoms with Crippen LogP contribution in [0.2, 0.25) is 0 Å². The molecule has 0 unspecified atom stereocenters. The van der Waals surface area contributed by atoms with Gasteiger partial charge in [0.05, 0.1) is 28.3 Å². The Morgan fingerprint density at radius 2 is 1.83 bits per heavy atom. The second kappa shape index (κ2) is 9.07. The van der Waals surface area contributed by atoms with Crippen molar-refractivity contribution in [3.63, 3.8) is 0 Å². The lowest BCUT2D eigenvalue weighted by Crippen LogP contribution is -2.25. The fourth-order valence-corrected chi connectivity index (χ4v) is 3.93. The fraction of sp³-hybridized carbons (Fsp3) is 0.346. The van der Waals surface area contributed by atoms with Gasteiger partial charge in [0.15, 0.2) is 5.82 Å². The van der Waals surface area contributed by atoms with Crippen molar-refractivity contribution < 1.29 is 9.84 Å². The third kappa shape index (κ3) is 4.72. The second-order valence-corrected chi connectivity index (χ2v) is 9.26. The molecule has 0 amide bonds. The van der Waals surface area contributed by atoms with Crippen LogP contribution in [0.5, 0.6) is 5.75 Å². The summed E-state index contributed by atoms with van der Waals surface area (Å²) in [6.07, 6.45) is 5.17. The van der Waals surface area contributed by atoms with Crippen molar-refractivity contribution in [3.8, 4) is 22.8 Å².